The summed E-state index contributed by atoms with van der Waals surface area (Å²) in [4.78, 5) is 23.4. The quantitative estimate of drug-likeness (QED) is 0.641. The van der Waals surface area contributed by atoms with Gasteiger partial charge >= 0.3 is 5.97 Å². The van der Waals surface area contributed by atoms with E-state index in [0.717, 1.165) is 18.4 Å². The van der Waals surface area contributed by atoms with E-state index in [1.54, 1.807) is 24.3 Å². The van der Waals surface area contributed by atoms with Gasteiger partial charge in [0.1, 0.15) is 0 Å². The maximum absolute atomic E-state index is 12.6. The van der Waals surface area contributed by atoms with Crippen molar-refractivity contribution in [1.82, 2.24) is 9.62 Å². The number of amides is 1. The first-order chi connectivity index (χ1) is 12.9. The molecule has 1 saturated heterocycles. The molecule has 27 heavy (non-hydrogen) atoms. The van der Waals surface area contributed by atoms with Gasteiger partial charge in [-0.25, -0.2) is 8.42 Å². The Kier molecular flexibility index (Phi) is 6.46. The summed E-state index contributed by atoms with van der Waals surface area (Å²) in [7, 11) is -3.52. The number of ether oxygens (including phenoxy) is 2. The topological polar surface area (TPSA) is 102 Å². The summed E-state index contributed by atoms with van der Waals surface area (Å²) >= 11 is 0. The lowest BCUT2D eigenvalue weighted by Gasteiger charge is -2.26. The summed E-state index contributed by atoms with van der Waals surface area (Å²) in [5.41, 5.74) is 0.829. The standard InChI is InChI=1S/C18H24N2O6S/c21-17(19-15-4-5-15)13-26-18(22)8-3-14-1-6-16(7-2-14)27(23,24)20-9-11-25-12-10-20/h1-2,6-7,15H,3-5,8-13H2,(H,19,21). The van der Waals surface area contributed by atoms with Gasteiger partial charge in [-0.15, -0.1) is 0 Å². The van der Waals surface area contributed by atoms with E-state index in [9.17, 15) is 18.0 Å². The molecule has 8 nitrogen and oxygen atoms in total. The number of esters is 1. The lowest BCUT2D eigenvalue weighted by molar-refractivity contribution is -0.148. The first-order valence-corrected chi connectivity index (χ1v) is 10.5. The van der Waals surface area contributed by atoms with Gasteiger partial charge < -0.3 is 14.8 Å². The number of nitrogens with zero attached hydrogens (tertiary/aromatic N) is 1. The van der Waals surface area contributed by atoms with Gasteiger partial charge in [-0.05, 0) is 37.0 Å². The number of hydrogen-bond acceptors (Lipinski definition) is 6. The van der Waals surface area contributed by atoms with Crippen molar-refractivity contribution in [2.75, 3.05) is 32.9 Å². The molecule has 0 spiro atoms. The van der Waals surface area contributed by atoms with E-state index in [-0.39, 0.29) is 29.9 Å². The van der Waals surface area contributed by atoms with E-state index in [0.29, 0.717) is 32.7 Å². The highest BCUT2D eigenvalue weighted by atomic mass is 32.2. The Morgan fingerprint density at radius 1 is 1.15 bits per heavy atom. The smallest absolute Gasteiger partial charge is 0.306 e. The summed E-state index contributed by atoms with van der Waals surface area (Å²) in [5.74, 6) is -0.727. The molecule has 1 amide bonds. The van der Waals surface area contributed by atoms with Crippen LogP contribution in [0.1, 0.15) is 24.8 Å². The molecule has 3 rings (SSSR count). The van der Waals surface area contributed by atoms with Gasteiger partial charge in [0.2, 0.25) is 10.0 Å². The Morgan fingerprint density at radius 3 is 2.44 bits per heavy atom. The highest BCUT2D eigenvalue weighted by Crippen LogP contribution is 2.19. The highest BCUT2D eigenvalue weighted by Gasteiger charge is 2.26. The van der Waals surface area contributed by atoms with Crippen LogP contribution in [0.15, 0.2) is 29.2 Å². The summed E-state index contributed by atoms with van der Waals surface area (Å²) < 4.78 is 36.6. The van der Waals surface area contributed by atoms with E-state index >= 15 is 0 Å². The average molecular weight is 396 g/mol. The molecule has 1 saturated carbocycles. The van der Waals surface area contributed by atoms with Gasteiger partial charge in [-0.3, -0.25) is 9.59 Å². The summed E-state index contributed by atoms with van der Waals surface area (Å²) in [6.07, 6.45) is 2.51. The van der Waals surface area contributed by atoms with Crippen molar-refractivity contribution in [1.29, 1.82) is 0 Å². The number of benzene rings is 1. The lowest BCUT2D eigenvalue weighted by Crippen LogP contribution is -2.40. The minimum absolute atomic E-state index is 0.131. The molecule has 1 N–H and O–H groups in total. The molecule has 0 atom stereocenters. The molecule has 1 aromatic rings. The van der Waals surface area contributed by atoms with Crippen LogP contribution in [0.4, 0.5) is 0 Å². The van der Waals surface area contributed by atoms with E-state index < -0.39 is 16.0 Å². The molecule has 2 aliphatic rings. The first-order valence-electron chi connectivity index (χ1n) is 9.07. The van der Waals surface area contributed by atoms with Crippen LogP contribution >= 0.6 is 0 Å². The molecule has 1 aromatic carbocycles. The van der Waals surface area contributed by atoms with Crippen molar-refractivity contribution < 1.29 is 27.5 Å². The zero-order valence-corrected chi connectivity index (χ0v) is 15.9. The molecule has 1 heterocycles. The van der Waals surface area contributed by atoms with Crippen LogP contribution in [0.25, 0.3) is 0 Å². The van der Waals surface area contributed by atoms with Crippen LogP contribution in [0.5, 0.6) is 0 Å². The average Bonchev–Trinajstić information content (AvgIpc) is 3.49. The fraction of sp³-hybridized carbons (Fsp3) is 0.556. The summed E-state index contributed by atoms with van der Waals surface area (Å²) in [5, 5.41) is 2.75. The Labute approximate surface area is 158 Å². The van der Waals surface area contributed by atoms with Crippen molar-refractivity contribution in [2.45, 2.75) is 36.6 Å². The molecule has 0 radical (unpaired) electrons. The third-order valence-electron chi connectivity index (χ3n) is 4.46. The van der Waals surface area contributed by atoms with E-state index in [1.807, 2.05) is 0 Å². The van der Waals surface area contributed by atoms with Crippen LogP contribution in [0.3, 0.4) is 0 Å². The Bertz CT molecular complexity index is 768. The first kappa shape index (κ1) is 19.8. The fourth-order valence-electron chi connectivity index (χ4n) is 2.73. The molecule has 0 bridgehead atoms. The number of morpholine rings is 1. The SMILES string of the molecule is O=C(COC(=O)CCc1ccc(S(=O)(=O)N2CCOCC2)cc1)NC1CC1. The largest absolute Gasteiger partial charge is 0.456 e. The number of carbonyl (C=O) groups excluding carboxylic acids is 2. The number of aryl methyl sites for hydroxylation is 1. The number of rotatable bonds is 8. The molecule has 0 unspecified atom stereocenters. The second-order valence-electron chi connectivity index (χ2n) is 6.66. The lowest BCUT2D eigenvalue weighted by atomic mass is 10.1. The van der Waals surface area contributed by atoms with Crippen LogP contribution < -0.4 is 5.32 Å². The van der Waals surface area contributed by atoms with Crippen LogP contribution in [0, 0.1) is 0 Å². The Balaban J connectivity index is 1.45. The number of hydrogen-bond donors (Lipinski definition) is 1. The number of carbonyl (C=O) groups is 2. The van der Waals surface area contributed by atoms with E-state index in [4.69, 9.17) is 9.47 Å². The van der Waals surface area contributed by atoms with E-state index in [1.165, 1.54) is 4.31 Å². The molecule has 1 aliphatic heterocycles. The van der Waals surface area contributed by atoms with Crippen molar-refractivity contribution in [3.8, 4) is 0 Å². The van der Waals surface area contributed by atoms with Crippen molar-refractivity contribution in [3.63, 3.8) is 0 Å². The van der Waals surface area contributed by atoms with Crippen molar-refractivity contribution in [3.05, 3.63) is 29.8 Å². The Hall–Kier alpha value is -1.97. The Morgan fingerprint density at radius 2 is 1.81 bits per heavy atom. The molecule has 1 aliphatic carbocycles. The number of sulfonamides is 1. The zero-order chi connectivity index (χ0) is 19.3. The van der Waals surface area contributed by atoms with E-state index in [2.05, 4.69) is 5.32 Å². The van der Waals surface area contributed by atoms with Gasteiger partial charge in [0.05, 0.1) is 18.1 Å². The zero-order valence-electron chi connectivity index (χ0n) is 15.1. The molecular formula is C18H24N2O6S. The van der Waals surface area contributed by atoms with Crippen molar-refractivity contribution in [2.24, 2.45) is 0 Å². The van der Waals surface area contributed by atoms with Crippen LogP contribution in [0.2, 0.25) is 0 Å². The van der Waals surface area contributed by atoms with Gasteiger partial charge in [0, 0.05) is 25.6 Å². The van der Waals surface area contributed by atoms with Gasteiger partial charge in [0.15, 0.2) is 6.61 Å². The molecule has 9 heteroatoms. The fourth-order valence-corrected chi connectivity index (χ4v) is 4.13. The van der Waals surface area contributed by atoms with Crippen molar-refractivity contribution >= 4 is 21.9 Å². The number of nitrogens with one attached hydrogen (secondary N) is 1. The second kappa shape index (κ2) is 8.81. The van der Waals surface area contributed by atoms with Gasteiger partial charge in [-0.1, -0.05) is 12.1 Å². The van der Waals surface area contributed by atoms with Crippen LogP contribution in [-0.4, -0.2) is 63.6 Å². The molecular weight excluding hydrogens is 372 g/mol. The minimum atomic E-state index is -3.52. The van der Waals surface area contributed by atoms with Crippen LogP contribution in [-0.2, 0) is 35.5 Å². The summed E-state index contributed by atoms with van der Waals surface area (Å²) in [6, 6.07) is 6.73. The maximum Gasteiger partial charge on any atom is 0.306 e. The third-order valence-corrected chi connectivity index (χ3v) is 6.37. The molecule has 148 valence electrons. The van der Waals surface area contributed by atoms with Gasteiger partial charge in [0.25, 0.3) is 5.91 Å². The van der Waals surface area contributed by atoms with Gasteiger partial charge in [-0.2, -0.15) is 4.31 Å². The predicted octanol–water partition coefficient (Wildman–Crippen LogP) is 0.462. The second-order valence-corrected chi connectivity index (χ2v) is 8.60. The maximum atomic E-state index is 12.6. The molecule has 0 aromatic heterocycles. The predicted molar refractivity (Wildman–Crippen MR) is 96.5 cm³/mol. The monoisotopic (exact) mass is 396 g/mol. The highest BCUT2D eigenvalue weighted by molar-refractivity contribution is 7.89. The normalized spacial score (nSPS) is 18.1. The minimum Gasteiger partial charge on any atom is -0.456 e. The summed E-state index contributed by atoms with van der Waals surface area (Å²) in [6.45, 7) is 1.25. The molecule has 2 fully saturated rings. The third kappa shape index (κ3) is 5.75.